The maximum absolute atomic E-state index is 14.6. The Morgan fingerprint density at radius 3 is 1.94 bits per heavy atom. The van der Waals surface area contributed by atoms with E-state index in [-0.39, 0.29) is 17.1 Å². The van der Waals surface area contributed by atoms with Crippen LogP contribution in [0, 0.1) is 5.21 Å². The first-order valence-corrected chi connectivity index (χ1v) is 24.0. The van der Waals surface area contributed by atoms with Crippen molar-refractivity contribution in [1.29, 1.82) is 0 Å². The number of hydrogen-bond acceptors (Lipinski definition) is 12. The van der Waals surface area contributed by atoms with Crippen molar-refractivity contribution in [3.8, 4) is 0 Å². The predicted molar refractivity (Wildman–Crippen MR) is 262 cm³/mol. The summed E-state index contributed by atoms with van der Waals surface area (Å²) in [4.78, 5) is 54.6. The number of aromatic nitrogens is 2. The minimum absolute atomic E-state index is 0.0516. The van der Waals surface area contributed by atoms with Gasteiger partial charge in [0, 0.05) is 23.3 Å². The van der Waals surface area contributed by atoms with Gasteiger partial charge in [0.2, 0.25) is 0 Å². The van der Waals surface area contributed by atoms with Crippen LogP contribution in [0.2, 0.25) is 0 Å². The molecule has 12 nitrogen and oxygen atoms in total. The van der Waals surface area contributed by atoms with Gasteiger partial charge in [0.15, 0.2) is 23.1 Å². The van der Waals surface area contributed by atoms with Gasteiger partial charge >= 0.3 is 5.97 Å². The van der Waals surface area contributed by atoms with Gasteiger partial charge in [-0.25, -0.2) is 9.78 Å². The Labute approximate surface area is 399 Å². The fourth-order valence-electron chi connectivity index (χ4n) is 8.08. The molecule has 4 heterocycles. The summed E-state index contributed by atoms with van der Waals surface area (Å²) in [5.41, 5.74) is 4.21. The zero-order valence-corrected chi connectivity index (χ0v) is 38.3. The van der Waals surface area contributed by atoms with Crippen LogP contribution >= 0.6 is 34.9 Å². The number of ether oxygens (including phenoxy) is 1. The highest BCUT2D eigenvalue weighted by atomic mass is 32.2. The van der Waals surface area contributed by atoms with E-state index in [4.69, 9.17) is 14.6 Å². The van der Waals surface area contributed by atoms with Crippen LogP contribution in [0.3, 0.4) is 0 Å². The molecule has 0 spiro atoms. The van der Waals surface area contributed by atoms with Gasteiger partial charge in [-0.2, -0.15) is 4.73 Å². The molecule has 2 atom stereocenters. The minimum atomic E-state index is -1.02. The molecule has 15 heteroatoms. The van der Waals surface area contributed by atoms with Crippen LogP contribution < -0.4 is 15.4 Å². The van der Waals surface area contributed by atoms with Gasteiger partial charge in [-0.05, 0) is 62.7 Å². The Balaban J connectivity index is 0.989. The van der Waals surface area contributed by atoms with Crippen molar-refractivity contribution in [1.82, 2.24) is 15.2 Å². The minimum Gasteiger partial charge on any atom is -0.618 e. The molecule has 7 aromatic rings. The molecule has 9 rings (SSSR count). The van der Waals surface area contributed by atoms with E-state index >= 15 is 0 Å². The largest absolute Gasteiger partial charge is 0.618 e. The second-order valence-electron chi connectivity index (χ2n) is 15.3. The van der Waals surface area contributed by atoms with E-state index in [0.717, 1.165) is 32.5 Å². The number of amides is 2. The number of allylic oxidation sites excluding steroid dienone is 1. The van der Waals surface area contributed by atoms with Crippen molar-refractivity contribution in [2.75, 3.05) is 18.2 Å². The summed E-state index contributed by atoms with van der Waals surface area (Å²) in [7, 11) is 1.33. The van der Waals surface area contributed by atoms with Crippen molar-refractivity contribution >= 4 is 63.5 Å². The SMILES string of the molecule is CON=C(C(=O)NC1C(=O)N2C(C(=O)OC(c3ccccc3)c3ccccc3)=C(C=CSc3cccc[n+]3[O-])CSC12)c1csc(NC(c2ccccc2)(c2ccccc2)c2ccccc2)n1. The normalized spacial score (nSPS) is 16.1. The van der Waals surface area contributed by atoms with E-state index in [1.165, 1.54) is 53.1 Å². The molecule has 2 N–H and O–H groups in total. The molecule has 0 saturated carbocycles. The smallest absolute Gasteiger partial charge is 0.356 e. The first-order chi connectivity index (χ1) is 32.9. The van der Waals surface area contributed by atoms with Gasteiger partial charge in [-0.1, -0.05) is 157 Å². The first kappa shape index (κ1) is 44.7. The monoisotopic (exact) mass is 942 g/mol. The van der Waals surface area contributed by atoms with Gasteiger partial charge in [0.1, 0.15) is 35.5 Å². The molecule has 334 valence electrons. The fourth-order valence-corrected chi connectivity index (χ4v) is 10.8. The average Bonchev–Trinajstić information content (AvgIpc) is 3.85. The number of rotatable bonds is 16. The fraction of sp³-hybridized carbons (Fsp3) is 0.115. The van der Waals surface area contributed by atoms with Crippen molar-refractivity contribution < 1.29 is 28.7 Å². The lowest BCUT2D eigenvalue weighted by Crippen LogP contribution is -2.71. The zero-order valence-electron chi connectivity index (χ0n) is 35.9. The molecular weight excluding hydrogens is 901 g/mol. The molecule has 1 fully saturated rings. The molecule has 2 amide bonds. The van der Waals surface area contributed by atoms with E-state index in [2.05, 4.69) is 52.2 Å². The van der Waals surface area contributed by atoms with E-state index in [0.29, 0.717) is 21.5 Å². The van der Waals surface area contributed by atoms with E-state index in [1.807, 2.05) is 115 Å². The number of esters is 1. The highest BCUT2D eigenvalue weighted by Gasteiger charge is 2.55. The Morgan fingerprint density at radius 1 is 0.836 bits per heavy atom. The first-order valence-electron chi connectivity index (χ1n) is 21.2. The molecule has 2 aliphatic rings. The van der Waals surface area contributed by atoms with Gasteiger partial charge < -0.3 is 25.4 Å². The number of thioether (sulfide) groups is 2. The van der Waals surface area contributed by atoms with E-state index < -0.39 is 40.8 Å². The van der Waals surface area contributed by atoms with E-state index in [9.17, 15) is 19.6 Å². The number of carbonyl (C=O) groups excluding carboxylic acids is 3. The number of β-lactam (4-membered cyclic amide) rings is 1. The molecule has 67 heavy (non-hydrogen) atoms. The van der Waals surface area contributed by atoms with Gasteiger partial charge in [0.05, 0.1) is 0 Å². The van der Waals surface area contributed by atoms with Gasteiger partial charge in [-0.3, -0.25) is 14.5 Å². The van der Waals surface area contributed by atoms with E-state index in [1.54, 1.807) is 35.1 Å². The number of oxime groups is 1. The molecule has 2 aromatic heterocycles. The Kier molecular flexibility index (Phi) is 13.6. The Hall–Kier alpha value is -7.46. The van der Waals surface area contributed by atoms with Crippen LogP contribution in [-0.2, 0) is 29.5 Å². The summed E-state index contributed by atoms with van der Waals surface area (Å²) in [5.74, 6) is -1.62. The number of thiazole rings is 1. The second-order valence-corrected chi connectivity index (χ2v) is 18.1. The standard InChI is InChI=1S/C52H42N6O6S3/c1-63-56-43(41-34-67-51(53-41)55-52(38-23-11-4-12-24-38,39-25-13-5-14-26-39)40-27-15-6-16-28-40)47(59)54-44-48(60)58-45(37(33-66-49(44)58)30-32-65-42-29-17-18-31-57(42)62)50(61)64-46(35-19-7-2-8-20-35)36-21-9-3-10-22-36/h2-32,34,44,46,49H,33H2,1H3,(H,53,55)(H,54,59). The van der Waals surface area contributed by atoms with Crippen molar-refractivity contribution in [2.24, 2.45) is 5.16 Å². The summed E-state index contributed by atoms with van der Waals surface area (Å²) in [5, 5.41) is 26.8. The number of pyridine rings is 1. The highest BCUT2D eigenvalue weighted by molar-refractivity contribution is 8.02. The Bertz CT molecular complexity index is 2820. The van der Waals surface area contributed by atoms with Crippen LogP contribution in [-0.4, -0.2) is 57.7 Å². The highest BCUT2D eigenvalue weighted by Crippen LogP contribution is 2.43. The third-order valence-corrected chi connectivity index (χ3v) is 14.1. The number of nitrogens with one attached hydrogen (secondary N) is 2. The predicted octanol–water partition coefficient (Wildman–Crippen LogP) is 8.82. The van der Waals surface area contributed by atoms with Gasteiger partial charge in [-0.15, -0.1) is 23.1 Å². The second kappa shape index (κ2) is 20.4. The van der Waals surface area contributed by atoms with Crippen LogP contribution in [0.15, 0.2) is 214 Å². The molecule has 5 aromatic carbocycles. The van der Waals surface area contributed by atoms with Crippen LogP contribution in [0.1, 0.15) is 39.6 Å². The third kappa shape index (κ3) is 9.34. The molecule has 0 radical (unpaired) electrons. The molecular formula is C52H42N6O6S3. The molecule has 0 aliphatic carbocycles. The van der Waals surface area contributed by atoms with Crippen molar-refractivity contribution in [2.45, 2.75) is 28.1 Å². The zero-order chi connectivity index (χ0) is 46.2. The summed E-state index contributed by atoms with van der Waals surface area (Å²) in [6.07, 6.45) is 2.34. The lowest BCUT2D eigenvalue weighted by atomic mass is 9.77. The molecule has 2 unspecified atom stereocenters. The Morgan fingerprint density at radius 2 is 1.39 bits per heavy atom. The maximum atomic E-state index is 14.6. The topological polar surface area (TPSA) is 149 Å². The lowest BCUT2D eigenvalue weighted by Gasteiger charge is -2.49. The average molecular weight is 943 g/mol. The number of carbonyl (C=O) groups is 3. The number of nitrogens with zero attached hydrogens (tertiary/aromatic N) is 4. The summed E-state index contributed by atoms with van der Waals surface area (Å²) in [6, 6.07) is 53.0. The quantitative estimate of drug-likeness (QED) is 0.0141. The molecule has 1 saturated heterocycles. The number of benzene rings is 5. The number of anilines is 1. The number of hydrogen-bond donors (Lipinski definition) is 2. The maximum Gasteiger partial charge on any atom is 0.356 e. The molecule has 0 bridgehead atoms. The summed E-state index contributed by atoms with van der Waals surface area (Å²) in [6.45, 7) is 0. The van der Waals surface area contributed by atoms with Crippen LogP contribution in [0.4, 0.5) is 5.13 Å². The van der Waals surface area contributed by atoms with Crippen LogP contribution in [0.25, 0.3) is 0 Å². The molecule has 2 aliphatic heterocycles. The summed E-state index contributed by atoms with van der Waals surface area (Å²) < 4.78 is 7.06. The lowest BCUT2D eigenvalue weighted by molar-refractivity contribution is -0.645. The van der Waals surface area contributed by atoms with Crippen molar-refractivity contribution in [3.63, 3.8) is 0 Å². The summed E-state index contributed by atoms with van der Waals surface area (Å²) >= 11 is 3.86. The number of fused-ring (bicyclic) bond motifs is 1. The van der Waals surface area contributed by atoms with Gasteiger partial charge in [0.25, 0.3) is 16.8 Å². The van der Waals surface area contributed by atoms with Crippen molar-refractivity contribution in [3.05, 3.63) is 243 Å². The third-order valence-electron chi connectivity index (χ3n) is 11.2. The van der Waals surface area contributed by atoms with Crippen LogP contribution in [0.5, 0.6) is 0 Å².